The van der Waals surface area contributed by atoms with Gasteiger partial charge < -0.3 is 10.0 Å². The molecular weight excluding hydrogens is 246 g/mol. The summed E-state index contributed by atoms with van der Waals surface area (Å²) in [5.41, 5.74) is 0. The van der Waals surface area contributed by atoms with Crippen LogP contribution in [0.3, 0.4) is 0 Å². The van der Waals surface area contributed by atoms with Gasteiger partial charge in [-0.3, -0.25) is 0 Å². The summed E-state index contributed by atoms with van der Waals surface area (Å²) in [6.45, 7) is 0. The molecule has 0 amide bonds. The third-order valence-corrected chi connectivity index (χ3v) is 2.52. The van der Waals surface area contributed by atoms with Crippen molar-refractivity contribution in [2.45, 2.75) is 51.4 Å². The molecule has 0 heterocycles. The zero-order chi connectivity index (χ0) is 11.1. The van der Waals surface area contributed by atoms with Gasteiger partial charge in [-0.2, -0.15) is 0 Å². The first-order chi connectivity index (χ1) is 6.91. The van der Waals surface area contributed by atoms with E-state index in [1.807, 2.05) is 0 Å². The fraction of sp³-hybridized carbons (Fsp3) is 0.900. The van der Waals surface area contributed by atoms with Gasteiger partial charge in [-0.15, -0.1) is 0 Å². The summed E-state index contributed by atoms with van der Waals surface area (Å²) in [7, 11) is 0. The van der Waals surface area contributed by atoms with Gasteiger partial charge in [0.2, 0.25) is 0 Å². The molecule has 0 rings (SSSR count). The lowest BCUT2D eigenvalue weighted by Crippen LogP contribution is -1.81. The number of hydrogen-bond donors (Lipinski definition) is 2. The Hall–Kier alpha value is 0.0700. The summed E-state index contributed by atoms with van der Waals surface area (Å²) in [4.78, 5) is 9.97. The van der Waals surface area contributed by atoms with E-state index in [9.17, 15) is 4.79 Å². The van der Waals surface area contributed by atoms with Crippen molar-refractivity contribution in [3.63, 3.8) is 0 Å². The largest absolute Gasteiger partial charge is 0.320 e. The van der Waals surface area contributed by atoms with Crippen molar-refractivity contribution in [2.75, 3.05) is 5.33 Å². The maximum atomic E-state index is 9.97. The SMILES string of the molecule is NO.O=CCCCCCCCCCBr. The Morgan fingerprint density at radius 3 is 1.79 bits per heavy atom. The van der Waals surface area contributed by atoms with Crippen molar-refractivity contribution >= 4 is 22.2 Å². The van der Waals surface area contributed by atoms with Crippen LogP contribution in [0.4, 0.5) is 0 Å². The quantitative estimate of drug-likeness (QED) is 0.292. The van der Waals surface area contributed by atoms with E-state index >= 15 is 0 Å². The molecule has 0 aromatic carbocycles. The van der Waals surface area contributed by atoms with Gasteiger partial charge in [0.25, 0.3) is 0 Å². The minimum atomic E-state index is 0.751. The second kappa shape index (κ2) is 18.8. The molecular formula is C10H22BrNO2. The predicted molar refractivity (Wildman–Crippen MR) is 62.8 cm³/mol. The van der Waals surface area contributed by atoms with Gasteiger partial charge >= 0.3 is 0 Å². The lowest BCUT2D eigenvalue weighted by Gasteiger charge is -1.98. The lowest BCUT2D eigenvalue weighted by molar-refractivity contribution is -0.107. The second-order valence-electron chi connectivity index (χ2n) is 3.12. The van der Waals surface area contributed by atoms with Crippen LogP contribution in [0, 0.1) is 0 Å². The van der Waals surface area contributed by atoms with Gasteiger partial charge in [0, 0.05) is 11.8 Å². The Bertz CT molecular complexity index is 102. The van der Waals surface area contributed by atoms with Crippen molar-refractivity contribution in [2.24, 2.45) is 5.90 Å². The molecule has 86 valence electrons. The zero-order valence-electron chi connectivity index (χ0n) is 8.75. The van der Waals surface area contributed by atoms with E-state index < -0.39 is 0 Å². The highest BCUT2D eigenvalue weighted by Crippen LogP contribution is 2.08. The van der Waals surface area contributed by atoms with E-state index in [1.165, 1.54) is 38.5 Å². The molecule has 0 atom stereocenters. The molecule has 0 spiro atoms. The Labute approximate surface area is 95.1 Å². The molecule has 0 aromatic heterocycles. The van der Waals surface area contributed by atoms with Gasteiger partial charge in [-0.25, -0.2) is 5.90 Å². The average molecular weight is 268 g/mol. The van der Waals surface area contributed by atoms with Crippen LogP contribution >= 0.6 is 15.9 Å². The number of rotatable bonds is 9. The molecule has 0 bridgehead atoms. The highest BCUT2D eigenvalue weighted by Gasteiger charge is 1.90. The predicted octanol–water partition coefficient (Wildman–Crippen LogP) is 3.04. The number of alkyl halides is 1. The number of aldehydes is 1. The summed E-state index contributed by atoms with van der Waals surface area (Å²) in [5, 5.41) is 7.64. The Balaban J connectivity index is 0. The van der Waals surface area contributed by atoms with Gasteiger partial charge in [-0.05, 0) is 12.8 Å². The standard InChI is InChI=1S/C10H19BrO.H3NO/c11-9-7-5-3-1-2-4-6-8-10-12;1-2/h10H,1-9H2;2H,1H2. The van der Waals surface area contributed by atoms with Crippen LogP contribution in [-0.4, -0.2) is 16.8 Å². The second-order valence-corrected chi connectivity index (χ2v) is 3.91. The first-order valence-electron chi connectivity index (χ1n) is 5.17. The first-order valence-corrected chi connectivity index (χ1v) is 6.29. The summed E-state index contributed by atoms with van der Waals surface area (Å²) in [6.07, 6.45) is 10.7. The summed E-state index contributed by atoms with van der Waals surface area (Å²) in [5.74, 6) is 3.50. The van der Waals surface area contributed by atoms with E-state index in [2.05, 4.69) is 21.8 Å². The molecule has 0 unspecified atom stereocenters. The first kappa shape index (κ1) is 16.5. The molecule has 0 radical (unpaired) electrons. The van der Waals surface area contributed by atoms with Crippen LogP contribution in [0.5, 0.6) is 0 Å². The molecule has 0 aromatic rings. The summed E-state index contributed by atoms with van der Waals surface area (Å²) < 4.78 is 0. The smallest absolute Gasteiger partial charge is 0.119 e. The molecule has 0 saturated heterocycles. The fourth-order valence-corrected chi connectivity index (χ4v) is 1.60. The topological polar surface area (TPSA) is 63.3 Å². The molecule has 0 aliphatic carbocycles. The molecule has 4 heteroatoms. The van der Waals surface area contributed by atoms with E-state index in [4.69, 9.17) is 5.21 Å². The van der Waals surface area contributed by atoms with Crippen LogP contribution < -0.4 is 5.90 Å². The fourth-order valence-electron chi connectivity index (χ4n) is 1.21. The maximum Gasteiger partial charge on any atom is 0.119 e. The number of carbonyl (C=O) groups excluding carboxylic acids is 1. The van der Waals surface area contributed by atoms with Crippen molar-refractivity contribution in [1.29, 1.82) is 0 Å². The minimum absolute atomic E-state index is 0.751. The highest BCUT2D eigenvalue weighted by molar-refractivity contribution is 9.09. The maximum absolute atomic E-state index is 9.97. The molecule has 0 aliphatic heterocycles. The Morgan fingerprint density at radius 2 is 1.36 bits per heavy atom. The van der Waals surface area contributed by atoms with E-state index in [0.717, 1.165) is 24.5 Å². The molecule has 3 nitrogen and oxygen atoms in total. The number of halogens is 1. The van der Waals surface area contributed by atoms with Crippen LogP contribution in [0.25, 0.3) is 0 Å². The van der Waals surface area contributed by atoms with Crippen LogP contribution in [0.2, 0.25) is 0 Å². The Morgan fingerprint density at radius 1 is 0.929 bits per heavy atom. The number of unbranched alkanes of at least 4 members (excludes halogenated alkanes) is 7. The molecule has 14 heavy (non-hydrogen) atoms. The third kappa shape index (κ3) is 18.0. The number of carbonyl (C=O) groups is 1. The summed E-state index contributed by atoms with van der Waals surface area (Å²) >= 11 is 3.41. The van der Waals surface area contributed by atoms with E-state index in [-0.39, 0.29) is 0 Å². The minimum Gasteiger partial charge on any atom is -0.320 e. The number of nitrogens with two attached hydrogens (primary N) is 1. The van der Waals surface area contributed by atoms with Gasteiger partial charge in [-0.1, -0.05) is 48.0 Å². The van der Waals surface area contributed by atoms with Crippen LogP contribution in [0.1, 0.15) is 51.4 Å². The highest BCUT2D eigenvalue weighted by atomic mass is 79.9. The normalized spacial score (nSPS) is 9.07. The van der Waals surface area contributed by atoms with Gasteiger partial charge in [0.1, 0.15) is 6.29 Å². The molecule has 0 fully saturated rings. The monoisotopic (exact) mass is 267 g/mol. The van der Waals surface area contributed by atoms with Crippen LogP contribution in [-0.2, 0) is 4.79 Å². The zero-order valence-corrected chi connectivity index (χ0v) is 10.3. The average Bonchev–Trinajstić information content (AvgIpc) is 2.25. The van der Waals surface area contributed by atoms with E-state index in [0.29, 0.717) is 0 Å². The molecule has 3 N–H and O–H groups in total. The Kier molecular flexibility index (Phi) is 22.1. The molecule has 0 aliphatic rings. The number of hydrogen-bond acceptors (Lipinski definition) is 3. The van der Waals surface area contributed by atoms with Gasteiger partial charge in [0.15, 0.2) is 0 Å². The van der Waals surface area contributed by atoms with E-state index in [1.54, 1.807) is 0 Å². The van der Waals surface area contributed by atoms with Crippen LogP contribution in [0.15, 0.2) is 0 Å². The van der Waals surface area contributed by atoms with Gasteiger partial charge in [0.05, 0.1) is 0 Å². The van der Waals surface area contributed by atoms with Crippen molar-refractivity contribution in [3.05, 3.63) is 0 Å². The third-order valence-electron chi connectivity index (χ3n) is 1.96. The van der Waals surface area contributed by atoms with Crippen molar-refractivity contribution < 1.29 is 10.0 Å². The summed E-state index contributed by atoms with van der Waals surface area (Å²) in [6, 6.07) is 0. The lowest BCUT2D eigenvalue weighted by atomic mass is 10.1. The molecule has 0 saturated carbocycles. The van der Waals surface area contributed by atoms with Crippen molar-refractivity contribution in [3.8, 4) is 0 Å². The van der Waals surface area contributed by atoms with Crippen molar-refractivity contribution in [1.82, 2.24) is 0 Å².